The van der Waals surface area contributed by atoms with E-state index in [1.807, 2.05) is 36.4 Å². The van der Waals surface area contributed by atoms with E-state index in [0.717, 1.165) is 32.2 Å². The zero-order valence-electron chi connectivity index (χ0n) is 9.32. The van der Waals surface area contributed by atoms with E-state index in [1.165, 1.54) is 0 Å². The van der Waals surface area contributed by atoms with Crippen molar-refractivity contribution in [2.45, 2.75) is 6.42 Å². The highest BCUT2D eigenvalue weighted by molar-refractivity contribution is 9.10. The van der Waals surface area contributed by atoms with Crippen LogP contribution in [-0.4, -0.2) is 15.0 Å². The van der Waals surface area contributed by atoms with Crippen LogP contribution >= 0.6 is 27.5 Å². The van der Waals surface area contributed by atoms with E-state index in [1.54, 1.807) is 0 Å². The summed E-state index contributed by atoms with van der Waals surface area (Å²) in [4.78, 5) is 12.0. The number of hydrogen-bond acceptors (Lipinski definition) is 2. The minimum absolute atomic E-state index is 0.717. The number of H-pyrrole nitrogens is 1. The number of aromatic nitrogens is 3. The second-order valence-electron chi connectivity index (χ2n) is 4.00. The number of nitrogens with zero attached hydrogens (tertiary/aromatic N) is 2. The molecule has 18 heavy (non-hydrogen) atoms. The molecule has 3 rings (SSSR count). The van der Waals surface area contributed by atoms with E-state index in [2.05, 4.69) is 30.9 Å². The lowest BCUT2D eigenvalue weighted by molar-refractivity contribution is 1.03. The fourth-order valence-electron chi connectivity index (χ4n) is 1.84. The SMILES string of the molecule is Clc1cccc(Cc2nc3nc(Br)ccc3[nH]2)c1. The molecule has 0 atom stereocenters. The van der Waals surface area contributed by atoms with Crippen molar-refractivity contribution < 1.29 is 0 Å². The lowest BCUT2D eigenvalue weighted by Gasteiger charge is -1.98. The van der Waals surface area contributed by atoms with Crippen molar-refractivity contribution in [3.05, 3.63) is 57.4 Å². The van der Waals surface area contributed by atoms with Crippen molar-refractivity contribution in [3.8, 4) is 0 Å². The molecule has 0 radical (unpaired) electrons. The molecule has 1 N–H and O–H groups in total. The van der Waals surface area contributed by atoms with Gasteiger partial charge in [0.2, 0.25) is 0 Å². The Morgan fingerprint density at radius 3 is 2.89 bits per heavy atom. The van der Waals surface area contributed by atoms with Gasteiger partial charge in [-0.25, -0.2) is 9.97 Å². The van der Waals surface area contributed by atoms with Crippen LogP contribution in [0.25, 0.3) is 11.2 Å². The number of rotatable bonds is 2. The molecule has 3 nitrogen and oxygen atoms in total. The van der Waals surface area contributed by atoms with Crippen LogP contribution in [0.15, 0.2) is 41.0 Å². The molecule has 5 heteroatoms. The number of nitrogens with one attached hydrogen (secondary N) is 1. The van der Waals surface area contributed by atoms with Crippen molar-refractivity contribution in [1.82, 2.24) is 15.0 Å². The van der Waals surface area contributed by atoms with Crippen LogP contribution in [-0.2, 0) is 6.42 Å². The number of aromatic amines is 1. The van der Waals surface area contributed by atoms with E-state index >= 15 is 0 Å². The molecule has 0 fully saturated rings. The fraction of sp³-hybridized carbons (Fsp3) is 0.0769. The zero-order valence-corrected chi connectivity index (χ0v) is 11.7. The molecule has 0 aliphatic carbocycles. The summed E-state index contributed by atoms with van der Waals surface area (Å²) >= 11 is 9.30. The van der Waals surface area contributed by atoms with Crippen LogP contribution in [0.3, 0.4) is 0 Å². The first-order valence-corrected chi connectivity index (χ1v) is 6.63. The van der Waals surface area contributed by atoms with Gasteiger partial charge in [-0.15, -0.1) is 0 Å². The van der Waals surface area contributed by atoms with Gasteiger partial charge in [-0.05, 0) is 45.8 Å². The third kappa shape index (κ3) is 2.40. The number of benzene rings is 1. The maximum Gasteiger partial charge on any atom is 0.178 e. The Hall–Kier alpha value is -1.39. The summed E-state index contributed by atoms with van der Waals surface area (Å²) in [6, 6.07) is 11.6. The molecule has 0 amide bonds. The Bertz CT molecular complexity index is 708. The molecule has 0 aliphatic rings. The predicted molar refractivity (Wildman–Crippen MR) is 75.8 cm³/mol. The molecular formula is C13H9BrClN3. The normalized spacial score (nSPS) is 11.0. The summed E-state index contributed by atoms with van der Waals surface area (Å²) in [5.41, 5.74) is 2.79. The molecule has 90 valence electrons. The van der Waals surface area contributed by atoms with Gasteiger partial charge in [0.25, 0.3) is 0 Å². The van der Waals surface area contributed by atoms with Crippen molar-refractivity contribution >= 4 is 38.7 Å². The Balaban J connectivity index is 1.95. The molecule has 3 aromatic rings. The first kappa shape index (κ1) is 11.7. The summed E-state index contributed by atoms with van der Waals surface area (Å²) < 4.78 is 0.788. The van der Waals surface area contributed by atoms with Gasteiger partial charge >= 0.3 is 0 Å². The largest absolute Gasteiger partial charge is 0.340 e. The van der Waals surface area contributed by atoms with E-state index in [4.69, 9.17) is 11.6 Å². The second kappa shape index (κ2) is 4.71. The molecule has 2 aromatic heterocycles. The summed E-state index contributed by atoms with van der Waals surface area (Å²) in [5, 5.41) is 0.740. The van der Waals surface area contributed by atoms with Gasteiger partial charge in [-0.3, -0.25) is 0 Å². The first-order chi connectivity index (χ1) is 8.70. The van der Waals surface area contributed by atoms with Crippen molar-refractivity contribution in [2.75, 3.05) is 0 Å². The van der Waals surface area contributed by atoms with E-state index < -0.39 is 0 Å². The van der Waals surface area contributed by atoms with Crippen LogP contribution in [0.5, 0.6) is 0 Å². The minimum atomic E-state index is 0.717. The lowest BCUT2D eigenvalue weighted by Crippen LogP contribution is -1.90. The molecule has 0 saturated heterocycles. The highest BCUT2D eigenvalue weighted by Crippen LogP contribution is 2.17. The number of fused-ring (bicyclic) bond motifs is 1. The topological polar surface area (TPSA) is 41.6 Å². The third-order valence-electron chi connectivity index (χ3n) is 2.62. The summed E-state index contributed by atoms with van der Waals surface area (Å²) in [6.45, 7) is 0. The molecule has 2 heterocycles. The highest BCUT2D eigenvalue weighted by Gasteiger charge is 2.05. The summed E-state index contributed by atoms with van der Waals surface area (Å²) in [7, 11) is 0. The van der Waals surface area contributed by atoms with E-state index in [9.17, 15) is 0 Å². The van der Waals surface area contributed by atoms with Crippen LogP contribution in [0.2, 0.25) is 5.02 Å². The summed E-state index contributed by atoms with van der Waals surface area (Å²) in [5.74, 6) is 0.887. The molecule has 1 aromatic carbocycles. The maximum absolute atomic E-state index is 5.96. The second-order valence-corrected chi connectivity index (χ2v) is 5.24. The van der Waals surface area contributed by atoms with Gasteiger partial charge in [0.1, 0.15) is 10.4 Å². The Labute approximate surface area is 117 Å². The molecule has 0 spiro atoms. The van der Waals surface area contributed by atoms with Crippen LogP contribution in [0.1, 0.15) is 11.4 Å². The molecule has 0 bridgehead atoms. The smallest absolute Gasteiger partial charge is 0.178 e. The van der Waals surface area contributed by atoms with Crippen molar-refractivity contribution in [2.24, 2.45) is 0 Å². The molecule has 0 unspecified atom stereocenters. The fourth-order valence-corrected chi connectivity index (χ4v) is 2.36. The van der Waals surface area contributed by atoms with Gasteiger partial charge in [-0.2, -0.15) is 0 Å². The van der Waals surface area contributed by atoms with Gasteiger partial charge in [0, 0.05) is 11.4 Å². The summed E-state index contributed by atoms with van der Waals surface area (Å²) in [6.07, 6.45) is 0.717. The Kier molecular flexibility index (Phi) is 3.06. The van der Waals surface area contributed by atoms with Crippen LogP contribution in [0.4, 0.5) is 0 Å². The monoisotopic (exact) mass is 321 g/mol. The van der Waals surface area contributed by atoms with Gasteiger partial charge in [0.15, 0.2) is 5.65 Å². The average molecular weight is 323 g/mol. The minimum Gasteiger partial charge on any atom is -0.340 e. The lowest BCUT2D eigenvalue weighted by atomic mass is 10.1. The van der Waals surface area contributed by atoms with Crippen LogP contribution < -0.4 is 0 Å². The Morgan fingerprint density at radius 1 is 1.17 bits per heavy atom. The highest BCUT2D eigenvalue weighted by atomic mass is 79.9. The van der Waals surface area contributed by atoms with Crippen molar-refractivity contribution in [3.63, 3.8) is 0 Å². The predicted octanol–water partition coefficient (Wildman–Crippen LogP) is 3.96. The maximum atomic E-state index is 5.96. The zero-order chi connectivity index (χ0) is 12.5. The number of pyridine rings is 1. The van der Waals surface area contributed by atoms with E-state index in [0.29, 0.717) is 6.42 Å². The number of halogens is 2. The third-order valence-corrected chi connectivity index (χ3v) is 3.30. The van der Waals surface area contributed by atoms with Gasteiger partial charge < -0.3 is 4.98 Å². The quantitative estimate of drug-likeness (QED) is 0.725. The number of imidazole rings is 1. The van der Waals surface area contributed by atoms with Gasteiger partial charge in [0.05, 0.1) is 5.52 Å². The Morgan fingerprint density at radius 2 is 2.06 bits per heavy atom. The van der Waals surface area contributed by atoms with Crippen LogP contribution in [0, 0.1) is 0 Å². The number of hydrogen-bond donors (Lipinski definition) is 1. The molecule has 0 aliphatic heterocycles. The van der Waals surface area contributed by atoms with E-state index in [-0.39, 0.29) is 0 Å². The average Bonchev–Trinajstić information content (AvgIpc) is 2.70. The molecule has 0 saturated carbocycles. The van der Waals surface area contributed by atoms with Crippen molar-refractivity contribution in [1.29, 1.82) is 0 Å². The van der Waals surface area contributed by atoms with Gasteiger partial charge in [-0.1, -0.05) is 23.7 Å². The standard InChI is InChI=1S/C13H9BrClN3/c14-11-5-4-10-13(17-11)18-12(16-10)7-8-2-1-3-9(15)6-8/h1-6H,7H2,(H,16,17,18). The molecular weight excluding hydrogens is 314 g/mol. The first-order valence-electron chi connectivity index (χ1n) is 5.46.